The summed E-state index contributed by atoms with van der Waals surface area (Å²) < 4.78 is 34.5. The van der Waals surface area contributed by atoms with E-state index in [2.05, 4.69) is 24.5 Å². The standard InChI is InChI=1S/C53H96N2O21/c1-4-6-8-10-12-14-16-17-18-20-22-24-26-35(60)34(55-40(63)27-25-23-21-19-15-13-11-9-7-5-2)32-71-50-45(67)44(66)47(39(31-58)73-50)74-51-46(68)49(43(65)38(30-57)72-51)76-53(52(69)70)28-36(61)41(54-33(3)59)48(75-53)42(64)37(62)29-56/h24,26,34-39,41-51,56-58,60-62,64-68H,4-23,25,27-32H2,1-3H3,(H,54,59)(H,55,63)(H,69,70)/b26-24+. The van der Waals surface area contributed by atoms with Gasteiger partial charge in [-0.15, -0.1) is 0 Å². The smallest absolute Gasteiger partial charge is 0.364 e. The molecule has 0 saturated carbocycles. The molecule has 3 fully saturated rings. The van der Waals surface area contributed by atoms with Gasteiger partial charge in [0, 0.05) is 19.8 Å². The lowest BCUT2D eigenvalue weighted by atomic mass is 9.88. The maximum Gasteiger partial charge on any atom is 0.364 e. The average Bonchev–Trinajstić information content (AvgIpc) is 3.40. The van der Waals surface area contributed by atoms with E-state index in [9.17, 15) is 75.7 Å². The summed E-state index contributed by atoms with van der Waals surface area (Å²) in [5.74, 6) is -6.15. The molecule has 23 heteroatoms. The number of hydrogen-bond donors (Lipinski definition) is 14. The first-order valence-corrected chi connectivity index (χ1v) is 28.1. The Bertz CT molecular complexity index is 1630. The molecule has 18 unspecified atom stereocenters. The summed E-state index contributed by atoms with van der Waals surface area (Å²) in [5, 5.41) is 135. The molecule has 3 saturated heterocycles. The number of nitrogens with one attached hydrogen (secondary N) is 2. The van der Waals surface area contributed by atoms with Crippen LogP contribution in [0.2, 0.25) is 0 Å². The van der Waals surface area contributed by atoms with Gasteiger partial charge in [-0.25, -0.2) is 4.79 Å². The molecule has 0 aromatic heterocycles. The monoisotopic (exact) mass is 1100 g/mol. The fourth-order valence-corrected chi connectivity index (χ4v) is 9.88. The minimum atomic E-state index is -3.08. The molecule has 0 aromatic rings. The number of hydrogen-bond acceptors (Lipinski definition) is 20. The third-order valence-corrected chi connectivity index (χ3v) is 14.5. The van der Waals surface area contributed by atoms with Crippen molar-refractivity contribution < 1.29 is 104 Å². The van der Waals surface area contributed by atoms with Crippen LogP contribution in [0.4, 0.5) is 0 Å². The number of carbonyl (C=O) groups is 3. The van der Waals surface area contributed by atoms with Gasteiger partial charge in [-0.05, 0) is 19.3 Å². The van der Waals surface area contributed by atoms with E-state index in [1.165, 1.54) is 77.0 Å². The molecule has 3 aliphatic rings. The Morgan fingerprint density at radius 3 is 1.75 bits per heavy atom. The molecule has 444 valence electrons. The molecule has 23 nitrogen and oxygen atoms in total. The van der Waals surface area contributed by atoms with Crippen LogP contribution in [-0.2, 0) is 42.8 Å². The van der Waals surface area contributed by atoms with Gasteiger partial charge in [-0.2, -0.15) is 0 Å². The molecule has 3 aliphatic heterocycles. The van der Waals surface area contributed by atoms with Gasteiger partial charge >= 0.3 is 5.97 Å². The number of ether oxygens (including phenoxy) is 6. The molecule has 0 aliphatic carbocycles. The first kappa shape index (κ1) is 67.7. The first-order chi connectivity index (χ1) is 36.4. The van der Waals surface area contributed by atoms with E-state index in [1.807, 2.05) is 6.08 Å². The molecule has 18 atom stereocenters. The summed E-state index contributed by atoms with van der Waals surface area (Å²) in [7, 11) is 0. The van der Waals surface area contributed by atoms with E-state index in [0.717, 1.165) is 51.9 Å². The number of carbonyl (C=O) groups excluding carboxylic acids is 2. The first-order valence-electron chi connectivity index (χ1n) is 28.1. The Hall–Kier alpha value is -2.53. The molecule has 76 heavy (non-hydrogen) atoms. The van der Waals surface area contributed by atoms with Crippen LogP contribution < -0.4 is 10.6 Å². The summed E-state index contributed by atoms with van der Waals surface area (Å²) in [6.45, 7) is 2.04. The molecular formula is C53H96N2O21. The fraction of sp³-hybridized carbons (Fsp3) is 0.906. The Balaban J connectivity index is 1.72. The number of aliphatic hydroxyl groups excluding tert-OH is 11. The van der Waals surface area contributed by atoms with Crippen LogP contribution in [0.25, 0.3) is 0 Å². The van der Waals surface area contributed by atoms with Crippen molar-refractivity contribution in [2.75, 3.05) is 26.4 Å². The predicted octanol–water partition coefficient (Wildman–Crippen LogP) is 0.825. The second-order valence-electron chi connectivity index (χ2n) is 20.8. The number of aliphatic carboxylic acids is 1. The highest BCUT2D eigenvalue weighted by molar-refractivity contribution is 5.77. The van der Waals surface area contributed by atoms with Gasteiger partial charge < -0.3 is 100 Å². The van der Waals surface area contributed by atoms with Gasteiger partial charge in [0.15, 0.2) is 12.6 Å². The topological polar surface area (TPSA) is 373 Å². The Labute approximate surface area is 448 Å². The van der Waals surface area contributed by atoms with E-state index in [1.54, 1.807) is 6.08 Å². The average molecular weight is 1100 g/mol. The lowest BCUT2D eigenvalue weighted by Gasteiger charge is -2.50. The Kier molecular flexibility index (Phi) is 32.7. The quantitative estimate of drug-likeness (QED) is 0.0299. The highest BCUT2D eigenvalue weighted by atomic mass is 16.8. The normalized spacial score (nSPS) is 31.7. The molecule has 2 amide bonds. The predicted molar refractivity (Wildman–Crippen MR) is 274 cm³/mol. The van der Waals surface area contributed by atoms with Crippen LogP contribution in [0.5, 0.6) is 0 Å². The number of carboxylic acid groups (broad SMARTS) is 1. The molecular weight excluding hydrogens is 1000 g/mol. The van der Waals surface area contributed by atoms with Gasteiger partial charge in [0.05, 0.1) is 50.7 Å². The van der Waals surface area contributed by atoms with Crippen molar-refractivity contribution in [3.63, 3.8) is 0 Å². The maximum absolute atomic E-state index is 13.3. The van der Waals surface area contributed by atoms with Crippen molar-refractivity contribution in [2.24, 2.45) is 0 Å². The third-order valence-electron chi connectivity index (χ3n) is 14.5. The molecule has 3 heterocycles. The molecule has 0 bridgehead atoms. The lowest BCUT2D eigenvalue weighted by molar-refractivity contribution is -0.386. The molecule has 3 rings (SSSR count). The zero-order valence-electron chi connectivity index (χ0n) is 45.1. The largest absolute Gasteiger partial charge is 0.477 e. The Morgan fingerprint density at radius 2 is 1.22 bits per heavy atom. The molecule has 0 radical (unpaired) electrons. The summed E-state index contributed by atoms with van der Waals surface area (Å²) in [6, 6.07) is -2.61. The van der Waals surface area contributed by atoms with E-state index in [0.29, 0.717) is 12.8 Å². The van der Waals surface area contributed by atoms with Gasteiger partial charge in [0.1, 0.15) is 67.1 Å². The van der Waals surface area contributed by atoms with Crippen molar-refractivity contribution in [3.8, 4) is 0 Å². The van der Waals surface area contributed by atoms with Gasteiger partial charge in [-0.3, -0.25) is 9.59 Å². The number of unbranched alkanes of at least 4 members (excludes halogenated alkanes) is 19. The Morgan fingerprint density at radius 1 is 0.684 bits per heavy atom. The number of amides is 2. The van der Waals surface area contributed by atoms with Gasteiger partial charge in [0.25, 0.3) is 5.79 Å². The number of aliphatic hydroxyl groups is 11. The van der Waals surface area contributed by atoms with E-state index in [-0.39, 0.29) is 12.3 Å². The number of carboxylic acids is 1. The minimum absolute atomic E-state index is 0.202. The third kappa shape index (κ3) is 21.8. The summed E-state index contributed by atoms with van der Waals surface area (Å²) >= 11 is 0. The summed E-state index contributed by atoms with van der Waals surface area (Å²) in [5.41, 5.74) is 0. The van der Waals surface area contributed by atoms with Crippen molar-refractivity contribution in [1.29, 1.82) is 0 Å². The summed E-state index contributed by atoms with van der Waals surface area (Å²) in [4.78, 5) is 38.2. The van der Waals surface area contributed by atoms with Crippen LogP contribution in [0.3, 0.4) is 0 Å². The second-order valence-corrected chi connectivity index (χ2v) is 20.8. The highest BCUT2D eigenvalue weighted by Gasteiger charge is 2.60. The van der Waals surface area contributed by atoms with Crippen molar-refractivity contribution in [2.45, 2.75) is 278 Å². The van der Waals surface area contributed by atoms with E-state index < -0.39 is 155 Å². The molecule has 14 N–H and O–H groups in total. The van der Waals surface area contributed by atoms with E-state index in [4.69, 9.17) is 28.4 Å². The highest BCUT2D eigenvalue weighted by Crippen LogP contribution is 2.38. The van der Waals surface area contributed by atoms with Crippen LogP contribution in [0.15, 0.2) is 12.2 Å². The second kappa shape index (κ2) is 36.7. The molecule has 0 aromatic carbocycles. The molecule has 0 spiro atoms. The van der Waals surface area contributed by atoms with Crippen LogP contribution in [0, 0.1) is 0 Å². The minimum Gasteiger partial charge on any atom is -0.477 e. The van der Waals surface area contributed by atoms with Crippen molar-refractivity contribution in [1.82, 2.24) is 10.6 Å². The van der Waals surface area contributed by atoms with Crippen molar-refractivity contribution in [3.05, 3.63) is 12.2 Å². The zero-order valence-corrected chi connectivity index (χ0v) is 45.1. The SMILES string of the molecule is CCCCCCCCCCCC/C=C/C(O)C(COC1OC(CO)C(OC2OC(CO)C(O)C(OC3(C(=O)O)CC(O)C(NC(C)=O)C(C(O)C(O)CO)O3)C2O)C(O)C1O)NC(=O)CCCCCCCCCCCC. The van der Waals surface area contributed by atoms with Gasteiger partial charge in [-0.1, -0.05) is 142 Å². The van der Waals surface area contributed by atoms with Crippen LogP contribution in [-0.4, -0.2) is 215 Å². The van der Waals surface area contributed by atoms with E-state index >= 15 is 0 Å². The number of rotatable bonds is 39. The summed E-state index contributed by atoms with van der Waals surface area (Å²) in [6.07, 6.45) is -2.57. The zero-order chi connectivity index (χ0) is 56.2. The van der Waals surface area contributed by atoms with Crippen LogP contribution in [0.1, 0.15) is 168 Å². The maximum atomic E-state index is 13.3. The fourth-order valence-electron chi connectivity index (χ4n) is 9.88. The number of allylic oxidation sites excluding steroid dienone is 1. The van der Waals surface area contributed by atoms with Crippen LogP contribution >= 0.6 is 0 Å². The van der Waals surface area contributed by atoms with Gasteiger partial charge in [0.2, 0.25) is 11.8 Å². The lowest BCUT2D eigenvalue weighted by Crippen LogP contribution is -2.70. The van der Waals surface area contributed by atoms with Crippen molar-refractivity contribution >= 4 is 17.8 Å².